The Labute approximate surface area is 170 Å². The average molecular weight is 426 g/mol. The summed E-state index contributed by atoms with van der Waals surface area (Å²) in [5.74, 6) is 0. The Kier molecular flexibility index (Phi) is 5.12. The summed E-state index contributed by atoms with van der Waals surface area (Å²) in [4.78, 5) is 4.80. The molecule has 5 nitrogen and oxygen atoms in total. The second-order valence-corrected chi connectivity index (χ2v) is 9.93. The van der Waals surface area contributed by atoms with Crippen LogP contribution < -0.4 is 4.90 Å². The number of anilines is 1. The third-order valence-electron chi connectivity index (χ3n) is 5.23. The van der Waals surface area contributed by atoms with Gasteiger partial charge in [0.05, 0.1) is 4.90 Å². The van der Waals surface area contributed by atoms with E-state index in [1.165, 1.54) is 22.5 Å². The van der Waals surface area contributed by atoms with Crippen LogP contribution in [0, 0.1) is 0 Å². The fourth-order valence-electron chi connectivity index (χ4n) is 3.61. The summed E-state index contributed by atoms with van der Waals surface area (Å²) in [6.45, 7) is 4.77. The first-order valence-corrected chi connectivity index (χ1v) is 11.0. The fourth-order valence-corrected chi connectivity index (χ4v) is 5.73. The van der Waals surface area contributed by atoms with E-state index >= 15 is 0 Å². The highest BCUT2D eigenvalue weighted by Gasteiger charge is 2.31. The van der Waals surface area contributed by atoms with Crippen molar-refractivity contribution in [3.63, 3.8) is 0 Å². The van der Waals surface area contributed by atoms with Gasteiger partial charge < -0.3 is 9.80 Å². The van der Waals surface area contributed by atoms with E-state index in [0.29, 0.717) is 23.1 Å². The van der Waals surface area contributed by atoms with Gasteiger partial charge in [0.25, 0.3) is 0 Å². The van der Waals surface area contributed by atoms with Gasteiger partial charge in [0, 0.05) is 55.0 Å². The van der Waals surface area contributed by atoms with Crippen LogP contribution in [0.15, 0.2) is 41.3 Å². The van der Waals surface area contributed by atoms with Crippen molar-refractivity contribution in [2.45, 2.75) is 18.0 Å². The lowest BCUT2D eigenvalue weighted by molar-refractivity contribution is 0.313. The minimum absolute atomic E-state index is 0.132. The second kappa shape index (κ2) is 7.26. The van der Waals surface area contributed by atoms with Gasteiger partial charge in [-0.3, -0.25) is 0 Å². The zero-order valence-electron chi connectivity index (χ0n) is 15.0. The Morgan fingerprint density at radius 3 is 2.15 bits per heavy atom. The van der Waals surface area contributed by atoms with E-state index in [-0.39, 0.29) is 4.90 Å². The first kappa shape index (κ1) is 19.0. The van der Waals surface area contributed by atoms with Gasteiger partial charge in [0.15, 0.2) is 0 Å². The van der Waals surface area contributed by atoms with Crippen LogP contribution in [-0.2, 0) is 23.1 Å². The van der Waals surface area contributed by atoms with Gasteiger partial charge in [-0.05, 0) is 48.5 Å². The molecule has 0 radical (unpaired) electrons. The van der Waals surface area contributed by atoms with E-state index < -0.39 is 10.0 Å². The van der Waals surface area contributed by atoms with Gasteiger partial charge in [-0.2, -0.15) is 4.31 Å². The van der Waals surface area contributed by atoms with Crippen molar-refractivity contribution in [2.24, 2.45) is 0 Å². The lowest BCUT2D eigenvalue weighted by Crippen LogP contribution is -2.44. The van der Waals surface area contributed by atoms with Crippen LogP contribution in [0.5, 0.6) is 0 Å². The van der Waals surface area contributed by atoms with Gasteiger partial charge >= 0.3 is 0 Å². The smallest absolute Gasteiger partial charge is 0.243 e. The Bertz CT molecular complexity index is 953. The summed E-state index contributed by atoms with van der Waals surface area (Å²) in [5, 5.41) is 0.630. The quantitative estimate of drug-likeness (QED) is 0.754. The van der Waals surface area contributed by atoms with E-state index in [4.69, 9.17) is 23.2 Å². The summed E-state index contributed by atoms with van der Waals surface area (Å²) < 4.78 is 27.5. The predicted molar refractivity (Wildman–Crippen MR) is 109 cm³/mol. The molecular weight excluding hydrogens is 405 g/mol. The summed E-state index contributed by atoms with van der Waals surface area (Å²) in [6, 6.07) is 10.7. The maximum Gasteiger partial charge on any atom is 0.243 e. The largest absolute Gasteiger partial charge is 0.369 e. The van der Waals surface area contributed by atoms with Crippen LogP contribution in [0.2, 0.25) is 10.0 Å². The number of nitrogens with zero attached hydrogens (tertiary/aromatic N) is 3. The van der Waals surface area contributed by atoms with Crippen molar-refractivity contribution in [1.29, 1.82) is 0 Å². The normalized spacial score (nSPS) is 18.7. The number of benzene rings is 2. The number of hydrogen-bond donors (Lipinski definition) is 0. The zero-order chi connectivity index (χ0) is 19.2. The fraction of sp³-hybridized carbons (Fsp3) is 0.368. The van der Waals surface area contributed by atoms with Crippen molar-refractivity contribution in [3.8, 4) is 0 Å². The van der Waals surface area contributed by atoms with Gasteiger partial charge in [0.2, 0.25) is 10.0 Å². The second-order valence-electron chi connectivity index (χ2n) is 7.12. The molecule has 1 fully saturated rings. The topological polar surface area (TPSA) is 43.9 Å². The monoisotopic (exact) mass is 425 g/mol. The average Bonchev–Trinajstić information content (AvgIpc) is 3.05. The Morgan fingerprint density at radius 2 is 1.48 bits per heavy atom. The van der Waals surface area contributed by atoms with Crippen LogP contribution in [0.1, 0.15) is 11.1 Å². The molecule has 1 saturated heterocycles. The molecule has 0 aromatic heterocycles. The third-order valence-corrected chi connectivity index (χ3v) is 7.43. The molecule has 2 aliphatic rings. The van der Waals surface area contributed by atoms with Crippen LogP contribution in [0.3, 0.4) is 0 Å². The van der Waals surface area contributed by atoms with Gasteiger partial charge in [-0.25, -0.2) is 8.42 Å². The van der Waals surface area contributed by atoms with E-state index in [0.717, 1.165) is 43.0 Å². The van der Waals surface area contributed by atoms with Crippen LogP contribution in [0.25, 0.3) is 0 Å². The van der Waals surface area contributed by atoms with E-state index in [9.17, 15) is 8.42 Å². The number of fused-ring (bicyclic) bond motifs is 1. The number of likely N-dealkylation sites (N-methyl/N-ethyl adjacent to an activating group) is 1. The van der Waals surface area contributed by atoms with Crippen LogP contribution in [0.4, 0.5) is 5.69 Å². The summed E-state index contributed by atoms with van der Waals surface area (Å²) >= 11 is 12.0. The Balaban J connectivity index is 1.57. The molecule has 2 aromatic rings. The highest BCUT2D eigenvalue weighted by atomic mass is 35.5. The van der Waals surface area contributed by atoms with E-state index in [1.807, 2.05) is 6.07 Å². The summed E-state index contributed by atoms with van der Waals surface area (Å²) in [6.07, 6.45) is 0. The standard InChI is InChI=1S/C19H21Cl2N3O2S/c1-22-4-6-23(7-5-22)18-3-2-14-12-24(13-15(14)8-18)27(25,26)19-10-16(20)9-17(21)11-19/h2-3,8-11H,4-7,12-13H2,1H3. The Morgan fingerprint density at radius 1 is 0.852 bits per heavy atom. The predicted octanol–water partition coefficient (Wildman–Crippen LogP) is 3.45. The molecule has 2 heterocycles. The van der Waals surface area contributed by atoms with Crippen molar-refractivity contribution >= 4 is 38.9 Å². The first-order valence-electron chi connectivity index (χ1n) is 8.84. The van der Waals surface area contributed by atoms with Crippen molar-refractivity contribution in [2.75, 3.05) is 38.1 Å². The van der Waals surface area contributed by atoms with Crippen LogP contribution >= 0.6 is 23.2 Å². The SMILES string of the molecule is CN1CCN(c2ccc3c(c2)CN(S(=O)(=O)c2cc(Cl)cc(Cl)c2)C3)CC1. The number of halogens is 2. The van der Waals surface area contributed by atoms with Crippen molar-refractivity contribution < 1.29 is 8.42 Å². The molecule has 0 amide bonds. The lowest BCUT2D eigenvalue weighted by atomic mass is 10.1. The lowest BCUT2D eigenvalue weighted by Gasteiger charge is -2.34. The van der Waals surface area contributed by atoms with Gasteiger partial charge in [-0.1, -0.05) is 29.3 Å². The molecule has 0 unspecified atom stereocenters. The van der Waals surface area contributed by atoms with Gasteiger partial charge in [0.1, 0.15) is 0 Å². The van der Waals surface area contributed by atoms with Crippen LogP contribution in [-0.4, -0.2) is 50.8 Å². The molecule has 0 spiro atoms. The number of piperazine rings is 1. The number of hydrogen-bond acceptors (Lipinski definition) is 4. The van der Waals surface area contributed by atoms with E-state index in [1.54, 1.807) is 0 Å². The van der Waals surface area contributed by atoms with Gasteiger partial charge in [-0.15, -0.1) is 0 Å². The molecule has 0 N–H and O–H groups in total. The summed E-state index contributed by atoms with van der Waals surface area (Å²) in [7, 11) is -1.52. The molecule has 0 aliphatic carbocycles. The highest BCUT2D eigenvalue weighted by Crippen LogP contribution is 2.33. The molecule has 144 valence electrons. The van der Waals surface area contributed by atoms with Crippen molar-refractivity contribution in [1.82, 2.24) is 9.21 Å². The molecule has 0 saturated carbocycles. The minimum atomic E-state index is -3.65. The number of rotatable bonds is 3. The highest BCUT2D eigenvalue weighted by molar-refractivity contribution is 7.89. The molecule has 27 heavy (non-hydrogen) atoms. The molecule has 0 atom stereocenters. The zero-order valence-corrected chi connectivity index (χ0v) is 17.4. The summed E-state index contributed by atoms with van der Waals surface area (Å²) in [5.41, 5.74) is 3.26. The third kappa shape index (κ3) is 3.82. The molecular formula is C19H21Cl2N3O2S. The molecule has 4 rings (SSSR count). The Hall–Kier alpha value is -1.31. The van der Waals surface area contributed by atoms with Crippen molar-refractivity contribution in [3.05, 3.63) is 57.6 Å². The minimum Gasteiger partial charge on any atom is -0.369 e. The maximum absolute atomic E-state index is 13.0. The first-order chi connectivity index (χ1) is 12.8. The molecule has 2 aliphatic heterocycles. The maximum atomic E-state index is 13.0. The molecule has 0 bridgehead atoms. The number of sulfonamides is 1. The molecule has 2 aromatic carbocycles. The van der Waals surface area contributed by atoms with E-state index in [2.05, 4.69) is 29.0 Å². The molecule has 8 heteroatoms.